The molecule has 0 spiro atoms. The van der Waals surface area contributed by atoms with Crippen LogP contribution in [0.3, 0.4) is 0 Å². The molecule has 11 heavy (non-hydrogen) atoms. The molecule has 0 aromatic heterocycles. The van der Waals surface area contributed by atoms with E-state index < -0.39 is 0 Å². The summed E-state index contributed by atoms with van der Waals surface area (Å²) in [6.07, 6.45) is 0. The van der Waals surface area contributed by atoms with Gasteiger partial charge in [0.25, 0.3) is 0 Å². The van der Waals surface area contributed by atoms with E-state index in [2.05, 4.69) is 45.0 Å². The molecule has 64 valence electrons. The first-order valence-corrected chi connectivity index (χ1v) is 3.76. The number of aryl methyl sites for hydroxylation is 1. The van der Waals surface area contributed by atoms with Crippen molar-refractivity contribution in [2.45, 2.75) is 26.7 Å². The monoisotopic (exact) mass is 238 g/mol. The molecule has 0 saturated carbocycles. The molecular weight excluding hydrogens is 221 g/mol. The zero-order chi connectivity index (χ0) is 7.56. The molecule has 0 unspecified atom stereocenters. The van der Waals surface area contributed by atoms with Gasteiger partial charge in [-0.15, -0.1) is 0 Å². The predicted molar refractivity (Wildman–Crippen MR) is 47.5 cm³/mol. The maximum atomic E-state index is 2.21. The molecule has 0 radical (unpaired) electrons. The Hall–Kier alpha value is -0.157. The van der Waals surface area contributed by atoms with E-state index in [0.717, 1.165) is 0 Å². The van der Waals surface area contributed by atoms with Crippen LogP contribution in [0.5, 0.6) is 0 Å². The normalized spacial score (nSPS) is 9.45. The van der Waals surface area contributed by atoms with Crippen molar-refractivity contribution in [2.75, 3.05) is 0 Å². The summed E-state index contributed by atoms with van der Waals surface area (Å²) >= 11 is 0. The van der Waals surface area contributed by atoms with E-state index in [1.54, 1.807) is 0 Å². The second-order valence-electron chi connectivity index (χ2n) is 3.07. The van der Waals surface area contributed by atoms with Crippen LogP contribution in [0, 0.1) is 6.92 Å². The minimum absolute atomic E-state index is 0. The van der Waals surface area contributed by atoms with Gasteiger partial charge in [0.1, 0.15) is 0 Å². The Labute approximate surface area is 84.7 Å². The van der Waals surface area contributed by atoms with Crippen molar-refractivity contribution in [3.05, 3.63) is 35.4 Å². The van der Waals surface area contributed by atoms with Crippen molar-refractivity contribution in [1.29, 1.82) is 0 Å². The van der Waals surface area contributed by atoms with Gasteiger partial charge >= 0.3 is 19.5 Å². The molecule has 0 bridgehead atoms. The average molecular weight is 237 g/mol. The second-order valence-corrected chi connectivity index (χ2v) is 3.07. The van der Waals surface area contributed by atoms with Gasteiger partial charge < -0.3 is 2.85 Å². The fourth-order valence-electron chi connectivity index (χ4n) is 0.951. The second kappa shape index (κ2) is 4.67. The van der Waals surface area contributed by atoms with Crippen LogP contribution in [0.25, 0.3) is 0 Å². The molecule has 1 aromatic rings. The van der Waals surface area contributed by atoms with Gasteiger partial charge in [0, 0.05) is 0 Å². The third-order valence-electron chi connectivity index (χ3n) is 1.74. The van der Waals surface area contributed by atoms with Crippen molar-refractivity contribution in [3.8, 4) is 0 Å². The first-order chi connectivity index (χ1) is 4.70. The fourth-order valence-corrected chi connectivity index (χ4v) is 0.951. The van der Waals surface area contributed by atoms with Gasteiger partial charge in [-0.05, 0) is 18.4 Å². The van der Waals surface area contributed by atoms with Gasteiger partial charge in [0.2, 0.25) is 0 Å². The van der Waals surface area contributed by atoms with E-state index in [1.165, 1.54) is 11.1 Å². The van der Waals surface area contributed by atoms with E-state index in [1.807, 2.05) is 0 Å². The Morgan fingerprint density at radius 1 is 1.09 bits per heavy atom. The third-order valence-corrected chi connectivity index (χ3v) is 1.74. The first-order valence-electron chi connectivity index (χ1n) is 3.76. The van der Waals surface area contributed by atoms with Crippen LogP contribution < -0.4 is 0 Å². The molecule has 0 aliphatic rings. The summed E-state index contributed by atoms with van der Waals surface area (Å²) in [5.74, 6) is 0.653. The molecular formula is C10H16Ru. The minimum atomic E-state index is 0. The molecule has 0 fully saturated rings. The molecule has 1 rings (SSSR count). The quantitative estimate of drug-likeness (QED) is 0.657. The minimum Gasteiger partial charge on any atom is -1.00 e. The number of benzene rings is 1. The average Bonchev–Trinajstić information content (AvgIpc) is 1.88. The van der Waals surface area contributed by atoms with Crippen LogP contribution in [0.2, 0.25) is 0 Å². The molecule has 0 N–H and O–H groups in total. The summed E-state index contributed by atoms with van der Waals surface area (Å²) in [4.78, 5) is 0. The Morgan fingerprint density at radius 2 is 1.55 bits per heavy atom. The van der Waals surface area contributed by atoms with Crippen LogP contribution >= 0.6 is 0 Å². The van der Waals surface area contributed by atoms with Crippen LogP contribution in [-0.4, -0.2) is 0 Å². The molecule has 0 heterocycles. The summed E-state index contributed by atoms with van der Waals surface area (Å²) in [5.41, 5.74) is 2.76. The summed E-state index contributed by atoms with van der Waals surface area (Å²) in [6.45, 7) is 6.54. The molecule has 0 amide bonds. The van der Waals surface area contributed by atoms with Gasteiger partial charge in [-0.1, -0.05) is 43.7 Å². The number of rotatable bonds is 1. The third kappa shape index (κ3) is 3.16. The first kappa shape index (κ1) is 10.8. The van der Waals surface area contributed by atoms with Crippen molar-refractivity contribution in [1.82, 2.24) is 0 Å². The summed E-state index contributed by atoms with van der Waals surface area (Å²) in [7, 11) is 0. The van der Waals surface area contributed by atoms with Gasteiger partial charge in [0.05, 0.1) is 0 Å². The van der Waals surface area contributed by atoms with Gasteiger partial charge in [-0.3, -0.25) is 0 Å². The molecule has 1 heteroatoms. The Balaban J connectivity index is -0.000000333. The molecule has 1 aromatic carbocycles. The van der Waals surface area contributed by atoms with E-state index in [9.17, 15) is 0 Å². The Morgan fingerprint density at radius 3 is 1.91 bits per heavy atom. The van der Waals surface area contributed by atoms with Crippen LogP contribution in [0.1, 0.15) is 33.7 Å². The Kier molecular flexibility index (Phi) is 4.60. The summed E-state index contributed by atoms with van der Waals surface area (Å²) in [5, 5.41) is 0. The largest absolute Gasteiger partial charge is 2.00 e. The van der Waals surface area contributed by atoms with Crippen molar-refractivity contribution >= 4 is 0 Å². The smallest absolute Gasteiger partial charge is 1.00 e. The molecule has 0 aliphatic heterocycles. The van der Waals surface area contributed by atoms with E-state index in [-0.39, 0.29) is 22.3 Å². The SMILES string of the molecule is Cc1ccc(C(C)C)cc1.[H-].[H-].[Ru+2]. The zero-order valence-electron chi connectivity index (χ0n) is 9.24. The van der Waals surface area contributed by atoms with Crippen LogP contribution in [0.4, 0.5) is 0 Å². The summed E-state index contributed by atoms with van der Waals surface area (Å²) in [6, 6.07) is 8.71. The van der Waals surface area contributed by atoms with E-state index >= 15 is 0 Å². The van der Waals surface area contributed by atoms with Crippen LogP contribution in [0.15, 0.2) is 24.3 Å². The standard InChI is InChI=1S/C10H14.Ru.2H/c1-8(2)10-6-4-9(3)5-7-10;;;/h4-8H,1-3H3;;;/q;+2;2*-1. The Bertz CT molecular complexity index is 207. The molecule has 0 saturated heterocycles. The fraction of sp³-hybridized carbons (Fsp3) is 0.400. The van der Waals surface area contributed by atoms with Crippen molar-refractivity contribution < 1.29 is 22.3 Å². The topological polar surface area (TPSA) is 0 Å². The maximum Gasteiger partial charge on any atom is 2.00 e. The number of hydrogen-bond donors (Lipinski definition) is 0. The van der Waals surface area contributed by atoms with Crippen molar-refractivity contribution in [2.24, 2.45) is 0 Å². The summed E-state index contributed by atoms with van der Waals surface area (Å²) < 4.78 is 0. The molecule has 0 atom stereocenters. The predicted octanol–water partition coefficient (Wildman–Crippen LogP) is 3.34. The van der Waals surface area contributed by atoms with E-state index in [4.69, 9.17) is 0 Å². The number of hydrogen-bond acceptors (Lipinski definition) is 0. The maximum absolute atomic E-state index is 2.21. The van der Waals surface area contributed by atoms with Crippen LogP contribution in [-0.2, 0) is 19.5 Å². The van der Waals surface area contributed by atoms with Crippen molar-refractivity contribution in [3.63, 3.8) is 0 Å². The van der Waals surface area contributed by atoms with Gasteiger partial charge in [-0.2, -0.15) is 0 Å². The van der Waals surface area contributed by atoms with Gasteiger partial charge in [-0.25, -0.2) is 0 Å². The van der Waals surface area contributed by atoms with E-state index in [0.29, 0.717) is 5.92 Å². The molecule has 0 aliphatic carbocycles. The zero-order valence-corrected chi connectivity index (χ0v) is 8.98. The molecule has 0 nitrogen and oxygen atoms in total. The van der Waals surface area contributed by atoms with Gasteiger partial charge in [0.15, 0.2) is 0 Å².